The van der Waals surface area contributed by atoms with Crippen LogP contribution < -0.4 is 29.0 Å². The molecule has 9 heteroatoms. The molecule has 5 rings (SSSR count). The number of rotatable bonds is 8. The summed E-state index contributed by atoms with van der Waals surface area (Å²) in [6.07, 6.45) is 0. The molecule has 0 unspecified atom stereocenters. The third-order valence-electron chi connectivity index (χ3n) is 6.12. The number of carbonyl (C=O) groups is 1. The standard InChI is InChI=1S/C28H27N3O6/c1-33-19-13-25(34-2)21(26(14-19)35-3)16-29-28(32)18-9-7-17(8-10-18)22-15-23(31-30-22)20-5-4-6-24-27(20)37-12-11-36-24/h4-10,13-15H,11-12,16H2,1-3H3,(H,29,32)(H,30,31). The molecule has 0 aliphatic carbocycles. The van der Waals surface area contributed by atoms with Gasteiger partial charge < -0.3 is 29.0 Å². The largest absolute Gasteiger partial charge is 0.496 e. The SMILES string of the molecule is COc1cc(OC)c(CNC(=O)c2ccc(-c3cc(-c4cccc5c4OCCO5)[nH]n3)cc2)c(OC)c1. The van der Waals surface area contributed by atoms with Gasteiger partial charge >= 0.3 is 0 Å². The fourth-order valence-corrected chi connectivity index (χ4v) is 4.21. The minimum absolute atomic E-state index is 0.220. The second-order valence-corrected chi connectivity index (χ2v) is 8.27. The topological polar surface area (TPSA) is 104 Å². The molecule has 2 heterocycles. The monoisotopic (exact) mass is 501 g/mol. The van der Waals surface area contributed by atoms with Crippen molar-refractivity contribution in [3.05, 3.63) is 71.8 Å². The molecule has 1 amide bonds. The maximum Gasteiger partial charge on any atom is 0.251 e. The first-order valence-electron chi connectivity index (χ1n) is 11.7. The van der Waals surface area contributed by atoms with E-state index in [0.717, 1.165) is 33.8 Å². The van der Waals surface area contributed by atoms with Crippen LogP contribution in [-0.4, -0.2) is 50.6 Å². The van der Waals surface area contributed by atoms with Gasteiger partial charge in [0.15, 0.2) is 11.5 Å². The summed E-state index contributed by atoms with van der Waals surface area (Å²) in [5.74, 6) is 2.95. The van der Waals surface area contributed by atoms with Crippen molar-refractivity contribution in [3.8, 4) is 51.3 Å². The van der Waals surface area contributed by atoms with Gasteiger partial charge in [-0.25, -0.2) is 0 Å². The number of nitrogens with one attached hydrogen (secondary N) is 2. The summed E-state index contributed by atoms with van der Waals surface area (Å²) in [4.78, 5) is 12.8. The minimum atomic E-state index is -0.220. The van der Waals surface area contributed by atoms with Crippen molar-refractivity contribution < 1.29 is 28.5 Å². The number of hydrogen-bond acceptors (Lipinski definition) is 7. The highest BCUT2D eigenvalue weighted by molar-refractivity contribution is 5.94. The van der Waals surface area contributed by atoms with E-state index in [2.05, 4.69) is 15.5 Å². The Morgan fingerprint density at radius 2 is 1.68 bits per heavy atom. The second-order valence-electron chi connectivity index (χ2n) is 8.27. The number of hydrogen-bond donors (Lipinski definition) is 2. The van der Waals surface area contributed by atoms with Crippen molar-refractivity contribution in [1.82, 2.24) is 15.5 Å². The zero-order valence-corrected chi connectivity index (χ0v) is 20.8. The van der Waals surface area contributed by atoms with Crippen LogP contribution in [0, 0.1) is 0 Å². The number of benzene rings is 3. The van der Waals surface area contributed by atoms with Crippen molar-refractivity contribution in [2.24, 2.45) is 0 Å². The van der Waals surface area contributed by atoms with Crippen LogP contribution in [0.2, 0.25) is 0 Å². The minimum Gasteiger partial charge on any atom is -0.496 e. The number of aromatic nitrogens is 2. The molecule has 1 aliphatic heterocycles. The third-order valence-corrected chi connectivity index (χ3v) is 6.12. The predicted molar refractivity (Wildman–Crippen MR) is 138 cm³/mol. The number of para-hydroxylation sites is 1. The highest BCUT2D eigenvalue weighted by atomic mass is 16.6. The molecule has 0 saturated carbocycles. The van der Waals surface area contributed by atoms with Crippen molar-refractivity contribution in [2.45, 2.75) is 6.54 Å². The fraction of sp³-hybridized carbons (Fsp3) is 0.214. The van der Waals surface area contributed by atoms with Crippen molar-refractivity contribution >= 4 is 5.91 Å². The molecule has 2 N–H and O–H groups in total. The van der Waals surface area contributed by atoms with E-state index in [-0.39, 0.29) is 12.5 Å². The molecule has 9 nitrogen and oxygen atoms in total. The highest BCUT2D eigenvalue weighted by Crippen LogP contribution is 2.40. The zero-order valence-electron chi connectivity index (χ0n) is 20.8. The first kappa shape index (κ1) is 24.1. The average molecular weight is 502 g/mol. The molecular formula is C28H27N3O6. The summed E-state index contributed by atoms with van der Waals surface area (Å²) >= 11 is 0. The Morgan fingerprint density at radius 1 is 0.946 bits per heavy atom. The molecular weight excluding hydrogens is 474 g/mol. The van der Waals surface area contributed by atoms with E-state index in [9.17, 15) is 4.79 Å². The van der Waals surface area contributed by atoms with Crippen LogP contribution in [-0.2, 0) is 6.54 Å². The Balaban J connectivity index is 1.30. The number of aromatic amines is 1. The molecule has 4 aromatic rings. The van der Waals surface area contributed by atoms with E-state index in [1.807, 2.05) is 36.4 Å². The van der Waals surface area contributed by atoms with Gasteiger partial charge in [0.25, 0.3) is 5.91 Å². The number of methoxy groups -OCH3 is 3. The van der Waals surface area contributed by atoms with Crippen LogP contribution in [0.3, 0.4) is 0 Å². The molecule has 1 aromatic heterocycles. The number of carbonyl (C=O) groups excluding carboxylic acids is 1. The summed E-state index contributed by atoms with van der Waals surface area (Å²) in [7, 11) is 4.69. The number of amides is 1. The number of nitrogens with zero attached hydrogens (tertiary/aromatic N) is 1. The van der Waals surface area contributed by atoms with Gasteiger partial charge in [-0.2, -0.15) is 5.10 Å². The van der Waals surface area contributed by atoms with Gasteiger partial charge in [0.1, 0.15) is 30.5 Å². The van der Waals surface area contributed by atoms with E-state index >= 15 is 0 Å². The number of ether oxygens (including phenoxy) is 5. The fourth-order valence-electron chi connectivity index (χ4n) is 4.21. The molecule has 0 fully saturated rings. The van der Waals surface area contributed by atoms with Crippen LogP contribution in [0.25, 0.3) is 22.5 Å². The van der Waals surface area contributed by atoms with Crippen molar-refractivity contribution in [3.63, 3.8) is 0 Å². The van der Waals surface area contributed by atoms with Crippen LogP contribution in [0.15, 0.2) is 60.7 Å². The summed E-state index contributed by atoms with van der Waals surface area (Å²) in [5.41, 5.74) is 4.58. The van der Waals surface area contributed by atoms with E-state index in [4.69, 9.17) is 23.7 Å². The predicted octanol–water partition coefficient (Wildman–Crippen LogP) is 4.47. The molecule has 0 radical (unpaired) electrons. The van der Waals surface area contributed by atoms with E-state index in [1.165, 1.54) is 0 Å². The Kier molecular flexibility index (Phi) is 6.85. The lowest BCUT2D eigenvalue weighted by Crippen LogP contribution is -2.23. The first-order chi connectivity index (χ1) is 18.1. The van der Waals surface area contributed by atoms with Gasteiger partial charge in [0.05, 0.1) is 44.8 Å². The quantitative estimate of drug-likeness (QED) is 0.367. The van der Waals surface area contributed by atoms with Gasteiger partial charge in [0, 0.05) is 28.8 Å². The zero-order chi connectivity index (χ0) is 25.8. The number of H-pyrrole nitrogens is 1. The molecule has 1 aliphatic rings. The van der Waals surface area contributed by atoms with Crippen molar-refractivity contribution in [2.75, 3.05) is 34.5 Å². The van der Waals surface area contributed by atoms with Gasteiger partial charge in [-0.1, -0.05) is 18.2 Å². The van der Waals surface area contributed by atoms with Crippen LogP contribution >= 0.6 is 0 Å². The lowest BCUT2D eigenvalue weighted by Gasteiger charge is -2.20. The average Bonchev–Trinajstić information content (AvgIpc) is 3.45. The highest BCUT2D eigenvalue weighted by Gasteiger charge is 2.19. The van der Waals surface area contributed by atoms with Gasteiger partial charge in [-0.3, -0.25) is 9.89 Å². The lowest BCUT2D eigenvalue weighted by molar-refractivity contribution is 0.0950. The molecule has 190 valence electrons. The lowest BCUT2D eigenvalue weighted by atomic mass is 10.1. The smallest absolute Gasteiger partial charge is 0.251 e. The van der Waals surface area contributed by atoms with Gasteiger partial charge in [-0.05, 0) is 30.3 Å². The second kappa shape index (κ2) is 10.5. The molecule has 0 atom stereocenters. The Labute approximate surface area is 214 Å². The number of fused-ring (bicyclic) bond motifs is 1. The maximum atomic E-state index is 12.8. The molecule has 3 aromatic carbocycles. The van der Waals surface area contributed by atoms with Gasteiger partial charge in [0.2, 0.25) is 0 Å². The molecule has 0 bridgehead atoms. The molecule has 37 heavy (non-hydrogen) atoms. The van der Waals surface area contributed by atoms with E-state index < -0.39 is 0 Å². The summed E-state index contributed by atoms with van der Waals surface area (Å²) in [6, 6.07) is 18.5. The van der Waals surface area contributed by atoms with Crippen LogP contribution in [0.5, 0.6) is 28.7 Å². The Morgan fingerprint density at radius 3 is 2.38 bits per heavy atom. The Hall–Kier alpha value is -4.66. The van der Waals surface area contributed by atoms with E-state index in [1.54, 1.807) is 45.6 Å². The third kappa shape index (κ3) is 4.88. The molecule has 0 saturated heterocycles. The summed E-state index contributed by atoms with van der Waals surface area (Å²) in [5, 5.41) is 10.5. The maximum absolute atomic E-state index is 12.8. The van der Waals surface area contributed by atoms with Crippen LogP contribution in [0.4, 0.5) is 0 Å². The summed E-state index contributed by atoms with van der Waals surface area (Å²) < 4.78 is 27.7. The van der Waals surface area contributed by atoms with E-state index in [0.29, 0.717) is 41.8 Å². The first-order valence-corrected chi connectivity index (χ1v) is 11.7. The van der Waals surface area contributed by atoms with Crippen LogP contribution in [0.1, 0.15) is 15.9 Å². The normalized spacial score (nSPS) is 12.1. The van der Waals surface area contributed by atoms with Crippen molar-refractivity contribution in [1.29, 1.82) is 0 Å². The molecule has 0 spiro atoms. The van der Waals surface area contributed by atoms with Gasteiger partial charge in [-0.15, -0.1) is 0 Å². The Bertz CT molecular complexity index is 1390. The summed E-state index contributed by atoms with van der Waals surface area (Å²) in [6.45, 7) is 1.27.